The normalized spacial score (nSPS) is 21.8. The fourth-order valence-corrected chi connectivity index (χ4v) is 10.9. The van der Waals surface area contributed by atoms with Crippen LogP contribution in [0, 0.1) is 35.5 Å². The van der Waals surface area contributed by atoms with Crippen molar-refractivity contribution in [2.45, 2.75) is 153 Å². The average molecular weight is 947 g/mol. The number of benzene rings is 1. The highest BCUT2D eigenvalue weighted by molar-refractivity contribution is 6.24. The van der Waals surface area contributed by atoms with Crippen molar-refractivity contribution in [1.82, 2.24) is 5.32 Å². The van der Waals surface area contributed by atoms with Gasteiger partial charge in [0, 0.05) is 46.4 Å². The van der Waals surface area contributed by atoms with Crippen LogP contribution in [0.3, 0.4) is 0 Å². The van der Waals surface area contributed by atoms with Gasteiger partial charge in [0.25, 0.3) is 0 Å². The molecule has 0 spiro atoms. The van der Waals surface area contributed by atoms with E-state index in [0.29, 0.717) is 34.9 Å². The van der Waals surface area contributed by atoms with Crippen LogP contribution >= 0.6 is 0 Å². The summed E-state index contributed by atoms with van der Waals surface area (Å²) in [5.41, 5.74) is 14.0. The second kappa shape index (κ2) is 23.4. The molecule has 372 valence electrons. The lowest BCUT2D eigenvalue weighted by atomic mass is 9.84. The molecular formula is C61H78N4O5. The lowest BCUT2D eigenvalue weighted by molar-refractivity contribution is -0.148. The second-order valence-electron chi connectivity index (χ2n) is 21.1. The predicted octanol–water partition coefficient (Wildman–Crippen LogP) is 14.5. The van der Waals surface area contributed by atoms with Crippen LogP contribution in [-0.2, 0) is 25.7 Å². The molecule has 1 fully saturated rings. The highest BCUT2D eigenvalue weighted by Gasteiger charge is 2.49. The number of nitrogens with zero attached hydrogens (tertiary/aromatic N) is 3. The fraction of sp³-hybridized carbons (Fsp3) is 0.492. The Kier molecular flexibility index (Phi) is 17.4. The smallest absolute Gasteiger partial charge is 0.321 e. The lowest BCUT2D eigenvalue weighted by Gasteiger charge is -2.21. The number of aliphatic hydroxyl groups excluding tert-OH is 1. The summed E-state index contributed by atoms with van der Waals surface area (Å²) < 4.78 is 11.9. The van der Waals surface area contributed by atoms with Crippen LogP contribution < -0.4 is 5.32 Å². The van der Waals surface area contributed by atoms with E-state index in [1.54, 1.807) is 0 Å². The van der Waals surface area contributed by atoms with Crippen LogP contribution in [0.1, 0.15) is 152 Å². The zero-order valence-electron chi connectivity index (χ0n) is 43.8. The summed E-state index contributed by atoms with van der Waals surface area (Å²) in [6.07, 6.45) is 22.6. The van der Waals surface area contributed by atoms with Crippen molar-refractivity contribution in [3.63, 3.8) is 0 Å². The van der Waals surface area contributed by atoms with Gasteiger partial charge in [-0.3, -0.25) is 9.59 Å². The maximum atomic E-state index is 14.4. The standard InChI is InChI=1S/C61H78N4O5/c1-12-45-40(8)48-32-50-42(10)47(28-29-54(66)69-31-30-39(7)25-19-24-38(6)23-18-22-37(5)21-17-20-36(3)4)58(64-50)56-57(61(68)70-35-44-26-15-14-16-27-44)60(67)55-43(11)51(65-59(55)56)34-53-46(13-2)41(9)49(63-53)33-52(45)62-48/h12,14-16,26-27,30,32-34,36-38,42,47,57,64,67H,1,13,17-25,28-29,31,35H2,2-11H3/b39-30+,50-32?,52-33?,53-34?,58-56?/t37-,38-,42+,47+,57+/m1/s1. The van der Waals surface area contributed by atoms with Crippen LogP contribution in [0.2, 0.25) is 0 Å². The highest BCUT2D eigenvalue weighted by atomic mass is 16.5. The van der Waals surface area contributed by atoms with Gasteiger partial charge >= 0.3 is 11.9 Å². The monoisotopic (exact) mass is 947 g/mol. The van der Waals surface area contributed by atoms with Crippen molar-refractivity contribution in [3.8, 4) is 0 Å². The number of nitrogens with one attached hydrogen (secondary N) is 1. The Hall–Kier alpha value is -5.83. The second-order valence-corrected chi connectivity index (χ2v) is 21.1. The van der Waals surface area contributed by atoms with Gasteiger partial charge in [-0.1, -0.05) is 135 Å². The average Bonchev–Trinajstić information content (AvgIpc) is 4.07. The molecule has 1 aromatic carbocycles. The number of hydrogen-bond donors (Lipinski definition) is 2. The molecule has 0 unspecified atom stereocenters. The number of hydrogen-bond acceptors (Lipinski definition) is 9. The summed E-state index contributed by atoms with van der Waals surface area (Å²) in [6, 6.07) is 9.53. The number of aliphatic hydroxyl groups is 1. The van der Waals surface area contributed by atoms with Crippen LogP contribution in [-0.4, -0.2) is 40.8 Å². The predicted molar refractivity (Wildman–Crippen MR) is 286 cm³/mol. The van der Waals surface area contributed by atoms with Gasteiger partial charge in [-0.15, -0.1) is 0 Å². The molecule has 9 heteroatoms. The first kappa shape index (κ1) is 52.0. The molecule has 5 heterocycles. The van der Waals surface area contributed by atoms with E-state index in [2.05, 4.69) is 80.3 Å². The molecule has 9 nitrogen and oxygen atoms in total. The van der Waals surface area contributed by atoms with Crippen molar-refractivity contribution in [3.05, 3.63) is 152 Å². The largest absolute Gasteiger partial charge is 0.510 e. The molecule has 5 aliphatic heterocycles. The zero-order valence-corrected chi connectivity index (χ0v) is 43.8. The Morgan fingerprint density at radius 2 is 1.50 bits per heavy atom. The van der Waals surface area contributed by atoms with E-state index in [4.69, 9.17) is 24.5 Å². The Morgan fingerprint density at radius 1 is 0.829 bits per heavy atom. The van der Waals surface area contributed by atoms with E-state index in [-0.39, 0.29) is 43.2 Å². The number of esters is 2. The molecule has 1 aromatic rings. The molecule has 0 aromatic heterocycles. The van der Waals surface area contributed by atoms with Gasteiger partial charge in [-0.2, -0.15) is 0 Å². The maximum absolute atomic E-state index is 14.4. The van der Waals surface area contributed by atoms with E-state index in [0.717, 1.165) is 98.7 Å². The third-order valence-corrected chi connectivity index (χ3v) is 15.4. The molecule has 2 N–H and O–H groups in total. The van der Waals surface area contributed by atoms with Gasteiger partial charge in [-0.25, -0.2) is 15.0 Å². The Morgan fingerprint density at radius 3 is 2.19 bits per heavy atom. The molecule has 8 bridgehead atoms. The molecule has 5 atom stereocenters. The highest BCUT2D eigenvalue weighted by Crippen LogP contribution is 2.49. The van der Waals surface area contributed by atoms with E-state index in [9.17, 15) is 14.7 Å². The molecular weight excluding hydrogens is 869 g/mol. The number of fused-ring (bicyclic) bond motifs is 5. The van der Waals surface area contributed by atoms with Crippen LogP contribution in [0.25, 0.3) is 0 Å². The molecule has 6 aliphatic rings. The van der Waals surface area contributed by atoms with E-state index in [1.807, 2.05) is 61.6 Å². The molecule has 70 heavy (non-hydrogen) atoms. The van der Waals surface area contributed by atoms with Gasteiger partial charge in [-0.05, 0) is 123 Å². The van der Waals surface area contributed by atoms with Crippen molar-refractivity contribution >= 4 is 29.1 Å². The van der Waals surface area contributed by atoms with Crippen LogP contribution in [0.15, 0.2) is 161 Å². The number of carbonyl (C=O) groups is 2. The number of carbonyl (C=O) groups excluding carboxylic acids is 2. The van der Waals surface area contributed by atoms with Crippen LogP contribution in [0.5, 0.6) is 0 Å². The number of aliphatic imine (C=N–C) groups is 3. The number of rotatable bonds is 22. The first-order valence-corrected chi connectivity index (χ1v) is 26.2. The van der Waals surface area contributed by atoms with Crippen molar-refractivity contribution in [1.29, 1.82) is 0 Å². The minimum absolute atomic E-state index is 0.0499. The van der Waals surface area contributed by atoms with E-state index >= 15 is 0 Å². The fourth-order valence-electron chi connectivity index (χ4n) is 10.9. The lowest BCUT2D eigenvalue weighted by Crippen LogP contribution is -2.25. The first-order valence-electron chi connectivity index (χ1n) is 26.2. The summed E-state index contributed by atoms with van der Waals surface area (Å²) in [5.74, 6) is -0.156. The zero-order chi connectivity index (χ0) is 50.2. The third-order valence-electron chi connectivity index (χ3n) is 15.4. The molecule has 7 rings (SSSR count). The maximum Gasteiger partial charge on any atom is 0.321 e. The minimum atomic E-state index is -1.13. The minimum Gasteiger partial charge on any atom is -0.510 e. The number of allylic oxidation sites excluding steroid dienone is 12. The Bertz CT molecular complexity index is 2620. The summed E-state index contributed by atoms with van der Waals surface area (Å²) in [6.45, 7) is 26.3. The van der Waals surface area contributed by atoms with Gasteiger partial charge in [0.05, 0.1) is 34.2 Å². The summed E-state index contributed by atoms with van der Waals surface area (Å²) >= 11 is 0. The summed E-state index contributed by atoms with van der Waals surface area (Å²) in [7, 11) is 0. The van der Waals surface area contributed by atoms with Gasteiger partial charge < -0.3 is 19.9 Å². The van der Waals surface area contributed by atoms with Crippen molar-refractivity contribution in [2.24, 2.45) is 50.5 Å². The SMILES string of the molecule is C=CC1=C(C)C2=NC1=CC1=NC(=CC3=C(C)C4=C(O)[C@@H](C(=O)OCc5ccccc5)C(=C5NC(=C2)[C@@H](C)[C@@H]5CCC(=O)OC/C=C(\C)CCC[C@H](C)CCC[C@H](C)CCCC(C)C)C4=N3)C(CC)=C1C. The Labute approximate surface area is 418 Å². The Balaban J connectivity index is 1.12. The third kappa shape index (κ3) is 11.8. The molecule has 1 aliphatic carbocycles. The number of ether oxygens (including phenoxy) is 2. The van der Waals surface area contributed by atoms with E-state index in [1.165, 1.54) is 50.5 Å². The molecule has 0 saturated carbocycles. The van der Waals surface area contributed by atoms with Crippen LogP contribution in [0.4, 0.5) is 0 Å². The molecule has 1 saturated heterocycles. The molecule has 0 amide bonds. The van der Waals surface area contributed by atoms with Crippen molar-refractivity contribution < 1.29 is 24.2 Å². The van der Waals surface area contributed by atoms with Crippen molar-refractivity contribution in [2.75, 3.05) is 6.61 Å². The van der Waals surface area contributed by atoms with Gasteiger partial charge in [0.15, 0.2) is 0 Å². The summed E-state index contributed by atoms with van der Waals surface area (Å²) in [4.78, 5) is 43.6. The van der Waals surface area contributed by atoms with Gasteiger partial charge in [0.2, 0.25) is 0 Å². The van der Waals surface area contributed by atoms with E-state index < -0.39 is 11.9 Å². The topological polar surface area (TPSA) is 122 Å². The molecule has 0 radical (unpaired) electrons. The summed E-state index contributed by atoms with van der Waals surface area (Å²) in [5, 5.41) is 16.0. The van der Waals surface area contributed by atoms with Gasteiger partial charge in [0.1, 0.15) is 24.9 Å². The first-order chi connectivity index (χ1) is 33.6. The quantitative estimate of drug-likeness (QED) is 0.0882.